The van der Waals surface area contributed by atoms with Crippen molar-refractivity contribution < 1.29 is 4.42 Å². The first-order valence-electron chi connectivity index (χ1n) is 5.91. The summed E-state index contributed by atoms with van der Waals surface area (Å²) in [5.41, 5.74) is 7.02. The SMILES string of the molecule is C/C(=C\c1ccco1)CN1CC[C@H](CN)C1. The second-order valence-electron chi connectivity index (χ2n) is 4.63. The molecule has 3 heteroatoms. The summed E-state index contributed by atoms with van der Waals surface area (Å²) < 4.78 is 5.30. The molecule has 0 bridgehead atoms. The normalized spacial score (nSPS) is 22.9. The molecular weight excluding hydrogens is 200 g/mol. The number of hydrogen-bond acceptors (Lipinski definition) is 3. The van der Waals surface area contributed by atoms with E-state index >= 15 is 0 Å². The number of rotatable bonds is 4. The van der Waals surface area contributed by atoms with Crippen molar-refractivity contribution in [2.75, 3.05) is 26.2 Å². The van der Waals surface area contributed by atoms with Crippen molar-refractivity contribution >= 4 is 6.08 Å². The van der Waals surface area contributed by atoms with Crippen LogP contribution < -0.4 is 5.73 Å². The molecule has 1 saturated heterocycles. The second-order valence-corrected chi connectivity index (χ2v) is 4.63. The Bertz CT molecular complexity index is 343. The van der Waals surface area contributed by atoms with Crippen molar-refractivity contribution in [2.45, 2.75) is 13.3 Å². The van der Waals surface area contributed by atoms with E-state index in [1.807, 2.05) is 12.1 Å². The van der Waals surface area contributed by atoms with Crippen LogP contribution >= 0.6 is 0 Å². The van der Waals surface area contributed by atoms with E-state index in [1.165, 1.54) is 18.5 Å². The van der Waals surface area contributed by atoms with Crippen molar-refractivity contribution in [3.63, 3.8) is 0 Å². The predicted octanol–water partition coefficient (Wildman–Crippen LogP) is 1.96. The highest BCUT2D eigenvalue weighted by molar-refractivity contribution is 5.46. The van der Waals surface area contributed by atoms with E-state index in [1.54, 1.807) is 6.26 Å². The summed E-state index contributed by atoms with van der Waals surface area (Å²) in [4.78, 5) is 2.46. The second kappa shape index (κ2) is 5.32. The zero-order valence-corrected chi connectivity index (χ0v) is 9.86. The average Bonchev–Trinajstić information content (AvgIpc) is 2.89. The third-order valence-corrected chi connectivity index (χ3v) is 3.11. The van der Waals surface area contributed by atoms with Crippen molar-refractivity contribution in [1.29, 1.82) is 0 Å². The number of nitrogens with two attached hydrogens (primary N) is 1. The molecule has 0 radical (unpaired) electrons. The lowest BCUT2D eigenvalue weighted by atomic mass is 10.1. The Morgan fingerprint density at radius 2 is 2.56 bits per heavy atom. The largest absolute Gasteiger partial charge is 0.465 e. The Morgan fingerprint density at radius 3 is 3.19 bits per heavy atom. The molecule has 0 aliphatic carbocycles. The van der Waals surface area contributed by atoms with Gasteiger partial charge in [-0.25, -0.2) is 0 Å². The minimum Gasteiger partial charge on any atom is -0.465 e. The Labute approximate surface area is 96.9 Å². The van der Waals surface area contributed by atoms with Gasteiger partial charge in [-0.05, 0) is 50.6 Å². The Morgan fingerprint density at radius 1 is 1.69 bits per heavy atom. The van der Waals surface area contributed by atoms with Crippen LogP contribution in [0.3, 0.4) is 0 Å². The lowest BCUT2D eigenvalue weighted by molar-refractivity contribution is 0.353. The highest BCUT2D eigenvalue weighted by Crippen LogP contribution is 2.17. The van der Waals surface area contributed by atoms with Crippen LogP contribution in [0.25, 0.3) is 6.08 Å². The molecule has 1 fully saturated rings. The minimum absolute atomic E-state index is 0.691. The number of furan rings is 1. The summed E-state index contributed by atoms with van der Waals surface area (Å²) >= 11 is 0. The summed E-state index contributed by atoms with van der Waals surface area (Å²) in [6, 6.07) is 3.90. The van der Waals surface area contributed by atoms with Crippen LogP contribution in [0.5, 0.6) is 0 Å². The topological polar surface area (TPSA) is 42.4 Å². The van der Waals surface area contributed by atoms with Gasteiger partial charge in [0.15, 0.2) is 0 Å². The average molecular weight is 220 g/mol. The Kier molecular flexibility index (Phi) is 3.80. The van der Waals surface area contributed by atoms with E-state index in [-0.39, 0.29) is 0 Å². The quantitative estimate of drug-likeness (QED) is 0.843. The van der Waals surface area contributed by atoms with Gasteiger partial charge in [-0.15, -0.1) is 0 Å². The molecule has 1 aliphatic heterocycles. The van der Waals surface area contributed by atoms with Gasteiger partial charge in [-0.1, -0.05) is 5.57 Å². The highest BCUT2D eigenvalue weighted by Gasteiger charge is 2.20. The molecular formula is C13H20N2O. The molecule has 0 spiro atoms. The monoisotopic (exact) mass is 220 g/mol. The lowest BCUT2D eigenvalue weighted by Gasteiger charge is -2.15. The molecule has 0 amide bonds. The fourth-order valence-electron chi connectivity index (χ4n) is 2.26. The molecule has 1 atom stereocenters. The molecule has 1 aromatic heterocycles. The van der Waals surface area contributed by atoms with Gasteiger partial charge in [0.1, 0.15) is 5.76 Å². The van der Waals surface area contributed by atoms with Gasteiger partial charge in [0, 0.05) is 13.1 Å². The Balaban J connectivity index is 1.86. The van der Waals surface area contributed by atoms with E-state index in [0.29, 0.717) is 5.92 Å². The van der Waals surface area contributed by atoms with Gasteiger partial charge >= 0.3 is 0 Å². The number of likely N-dealkylation sites (tertiary alicyclic amines) is 1. The minimum atomic E-state index is 0.691. The van der Waals surface area contributed by atoms with E-state index in [2.05, 4.69) is 17.9 Å². The smallest absolute Gasteiger partial charge is 0.126 e. The maximum Gasteiger partial charge on any atom is 0.126 e. The van der Waals surface area contributed by atoms with Gasteiger partial charge in [0.05, 0.1) is 6.26 Å². The third kappa shape index (κ3) is 2.97. The zero-order valence-electron chi connectivity index (χ0n) is 9.86. The standard InChI is InChI=1S/C13H20N2O/c1-11(7-13-3-2-6-16-13)9-15-5-4-12(8-14)10-15/h2-3,6-7,12H,4-5,8-10,14H2,1H3/b11-7+/t12-/m1/s1. The predicted molar refractivity (Wildman–Crippen MR) is 66.0 cm³/mol. The fourth-order valence-corrected chi connectivity index (χ4v) is 2.26. The Hall–Kier alpha value is -1.06. The fraction of sp³-hybridized carbons (Fsp3) is 0.538. The van der Waals surface area contributed by atoms with Gasteiger partial charge in [0.25, 0.3) is 0 Å². The van der Waals surface area contributed by atoms with E-state index in [9.17, 15) is 0 Å². The van der Waals surface area contributed by atoms with Crippen LogP contribution in [0, 0.1) is 5.92 Å². The van der Waals surface area contributed by atoms with Crippen LogP contribution in [-0.4, -0.2) is 31.1 Å². The third-order valence-electron chi connectivity index (χ3n) is 3.11. The lowest BCUT2D eigenvalue weighted by Crippen LogP contribution is -2.24. The van der Waals surface area contributed by atoms with Crippen molar-refractivity contribution in [1.82, 2.24) is 4.90 Å². The highest BCUT2D eigenvalue weighted by atomic mass is 16.3. The first-order chi connectivity index (χ1) is 7.78. The summed E-state index contributed by atoms with van der Waals surface area (Å²) in [5, 5.41) is 0. The van der Waals surface area contributed by atoms with Gasteiger partial charge in [0.2, 0.25) is 0 Å². The maximum absolute atomic E-state index is 5.68. The van der Waals surface area contributed by atoms with Crippen LogP contribution in [0.2, 0.25) is 0 Å². The molecule has 0 aromatic carbocycles. The van der Waals surface area contributed by atoms with Crippen molar-refractivity contribution in [2.24, 2.45) is 11.7 Å². The molecule has 1 aliphatic rings. The molecule has 2 rings (SSSR count). The molecule has 0 unspecified atom stereocenters. The van der Waals surface area contributed by atoms with E-state index in [4.69, 9.17) is 10.2 Å². The molecule has 2 N–H and O–H groups in total. The van der Waals surface area contributed by atoms with Gasteiger partial charge < -0.3 is 10.2 Å². The summed E-state index contributed by atoms with van der Waals surface area (Å²) in [6.07, 6.45) is 5.06. The van der Waals surface area contributed by atoms with Crippen LogP contribution in [-0.2, 0) is 0 Å². The maximum atomic E-state index is 5.68. The molecule has 0 saturated carbocycles. The van der Waals surface area contributed by atoms with Gasteiger partial charge in [-0.3, -0.25) is 4.90 Å². The first-order valence-corrected chi connectivity index (χ1v) is 5.91. The van der Waals surface area contributed by atoms with Crippen molar-refractivity contribution in [3.8, 4) is 0 Å². The van der Waals surface area contributed by atoms with Crippen LogP contribution in [0.1, 0.15) is 19.1 Å². The summed E-state index contributed by atoms with van der Waals surface area (Å²) in [7, 11) is 0. The molecule has 3 nitrogen and oxygen atoms in total. The van der Waals surface area contributed by atoms with Crippen molar-refractivity contribution in [3.05, 3.63) is 29.7 Å². The van der Waals surface area contributed by atoms with Gasteiger partial charge in [-0.2, -0.15) is 0 Å². The van der Waals surface area contributed by atoms with E-state index < -0.39 is 0 Å². The number of nitrogens with zero attached hydrogens (tertiary/aromatic N) is 1. The van der Waals surface area contributed by atoms with Crippen LogP contribution in [0.15, 0.2) is 28.4 Å². The number of hydrogen-bond donors (Lipinski definition) is 1. The molecule has 88 valence electrons. The van der Waals surface area contributed by atoms with E-state index in [0.717, 1.165) is 25.4 Å². The molecule has 16 heavy (non-hydrogen) atoms. The zero-order chi connectivity index (χ0) is 11.4. The first kappa shape index (κ1) is 11.4. The molecule has 2 heterocycles. The summed E-state index contributed by atoms with van der Waals surface area (Å²) in [5.74, 6) is 1.63. The molecule has 1 aromatic rings. The summed E-state index contributed by atoms with van der Waals surface area (Å²) in [6.45, 7) is 6.30. The van der Waals surface area contributed by atoms with Crippen LogP contribution in [0.4, 0.5) is 0 Å².